The fraction of sp³-hybridized carbons (Fsp3) is 0.0588. The van der Waals surface area contributed by atoms with Crippen LogP contribution in [-0.2, 0) is 6.54 Å². The Labute approximate surface area is 131 Å². The Kier molecular flexibility index (Phi) is 3.20. The second-order valence-corrected chi connectivity index (χ2v) is 5.12. The summed E-state index contributed by atoms with van der Waals surface area (Å²) in [6, 6.07) is 15.0. The fourth-order valence-electron chi connectivity index (χ4n) is 2.41. The highest BCUT2D eigenvalue weighted by Gasteiger charge is 2.15. The number of carbonyl (C=O) groups is 1. The summed E-state index contributed by atoms with van der Waals surface area (Å²) in [5.41, 5.74) is 2.18. The predicted molar refractivity (Wildman–Crippen MR) is 83.7 cm³/mol. The summed E-state index contributed by atoms with van der Waals surface area (Å²) in [7, 11) is 0. The second kappa shape index (κ2) is 5.49. The van der Waals surface area contributed by atoms with Gasteiger partial charge in [-0.3, -0.25) is 4.79 Å². The minimum absolute atomic E-state index is 0.215. The molecular formula is C17H13N3O3. The summed E-state index contributed by atoms with van der Waals surface area (Å²) in [6.07, 6.45) is 1.54. The van der Waals surface area contributed by atoms with Crippen LogP contribution in [0.4, 0.5) is 0 Å². The number of hydrogen-bond acceptors (Lipinski definition) is 4. The van der Waals surface area contributed by atoms with E-state index in [4.69, 9.17) is 8.94 Å². The quantitative estimate of drug-likeness (QED) is 0.605. The Morgan fingerprint density at radius 2 is 2.04 bits per heavy atom. The van der Waals surface area contributed by atoms with Gasteiger partial charge < -0.3 is 19.2 Å². The molecule has 0 atom stereocenters. The molecule has 0 radical (unpaired) electrons. The average Bonchev–Trinajstić information content (AvgIpc) is 3.31. The maximum Gasteiger partial charge on any atom is 0.273 e. The van der Waals surface area contributed by atoms with Crippen LogP contribution in [0.1, 0.15) is 16.2 Å². The van der Waals surface area contributed by atoms with E-state index in [9.17, 15) is 4.79 Å². The Morgan fingerprint density at radius 1 is 1.13 bits per heavy atom. The van der Waals surface area contributed by atoms with Gasteiger partial charge in [-0.15, -0.1) is 0 Å². The minimum atomic E-state index is -0.301. The zero-order valence-electron chi connectivity index (χ0n) is 12.1. The van der Waals surface area contributed by atoms with Crippen molar-refractivity contribution in [1.29, 1.82) is 0 Å². The maximum absolute atomic E-state index is 12.1. The van der Waals surface area contributed by atoms with Crippen LogP contribution >= 0.6 is 0 Å². The summed E-state index contributed by atoms with van der Waals surface area (Å²) in [4.78, 5) is 15.4. The van der Waals surface area contributed by atoms with Crippen molar-refractivity contribution in [1.82, 2.24) is 15.5 Å². The summed E-state index contributed by atoms with van der Waals surface area (Å²) < 4.78 is 10.3. The number of para-hydroxylation sites is 1. The van der Waals surface area contributed by atoms with Crippen LogP contribution in [0.3, 0.4) is 0 Å². The van der Waals surface area contributed by atoms with E-state index >= 15 is 0 Å². The molecule has 6 heteroatoms. The highest BCUT2D eigenvalue weighted by atomic mass is 16.5. The summed E-state index contributed by atoms with van der Waals surface area (Å²) in [5.74, 6) is 0.656. The van der Waals surface area contributed by atoms with E-state index in [-0.39, 0.29) is 11.6 Å². The van der Waals surface area contributed by atoms with Crippen molar-refractivity contribution in [3.8, 4) is 11.5 Å². The normalized spacial score (nSPS) is 11.0. The number of furan rings is 1. The van der Waals surface area contributed by atoms with Crippen molar-refractivity contribution >= 4 is 16.8 Å². The van der Waals surface area contributed by atoms with E-state index in [2.05, 4.69) is 15.5 Å². The molecule has 1 amide bonds. The SMILES string of the molecule is O=C(NCc1cc2ccccc2[nH]1)c1cc(-c2ccco2)on1. The molecule has 0 spiro atoms. The molecule has 114 valence electrons. The monoisotopic (exact) mass is 307 g/mol. The number of aromatic nitrogens is 2. The van der Waals surface area contributed by atoms with Gasteiger partial charge in [0.25, 0.3) is 5.91 Å². The number of benzene rings is 1. The van der Waals surface area contributed by atoms with Gasteiger partial charge in [-0.1, -0.05) is 23.4 Å². The second-order valence-electron chi connectivity index (χ2n) is 5.12. The molecule has 0 saturated heterocycles. The number of nitrogens with one attached hydrogen (secondary N) is 2. The van der Waals surface area contributed by atoms with E-state index in [1.807, 2.05) is 30.3 Å². The molecule has 4 rings (SSSR count). The zero-order chi connectivity index (χ0) is 15.6. The third kappa shape index (κ3) is 2.62. The van der Waals surface area contributed by atoms with Crippen LogP contribution in [0.15, 0.2) is 63.7 Å². The molecule has 4 aromatic rings. The largest absolute Gasteiger partial charge is 0.461 e. The number of fused-ring (bicyclic) bond motifs is 1. The molecule has 0 saturated carbocycles. The van der Waals surface area contributed by atoms with Crippen LogP contribution in [-0.4, -0.2) is 16.0 Å². The molecule has 0 aliphatic carbocycles. The number of aromatic amines is 1. The topological polar surface area (TPSA) is 84.1 Å². The highest BCUT2D eigenvalue weighted by Crippen LogP contribution is 2.20. The van der Waals surface area contributed by atoms with Gasteiger partial charge in [-0.2, -0.15) is 0 Å². The van der Waals surface area contributed by atoms with E-state index in [1.54, 1.807) is 18.2 Å². The van der Waals surface area contributed by atoms with E-state index in [0.717, 1.165) is 16.6 Å². The third-order valence-electron chi connectivity index (χ3n) is 3.53. The van der Waals surface area contributed by atoms with Gasteiger partial charge in [0, 0.05) is 17.3 Å². The smallest absolute Gasteiger partial charge is 0.273 e. The molecule has 0 bridgehead atoms. The maximum atomic E-state index is 12.1. The van der Waals surface area contributed by atoms with Gasteiger partial charge in [0.05, 0.1) is 12.8 Å². The van der Waals surface area contributed by atoms with Gasteiger partial charge >= 0.3 is 0 Å². The highest BCUT2D eigenvalue weighted by molar-refractivity contribution is 5.93. The number of H-pyrrole nitrogens is 1. The van der Waals surface area contributed by atoms with Crippen molar-refractivity contribution in [2.75, 3.05) is 0 Å². The molecule has 3 aromatic heterocycles. The lowest BCUT2D eigenvalue weighted by atomic mass is 10.2. The van der Waals surface area contributed by atoms with Crippen LogP contribution in [0.25, 0.3) is 22.4 Å². The zero-order valence-corrected chi connectivity index (χ0v) is 12.1. The van der Waals surface area contributed by atoms with Gasteiger partial charge in [-0.05, 0) is 29.7 Å². The first-order chi connectivity index (χ1) is 11.3. The van der Waals surface area contributed by atoms with E-state index < -0.39 is 0 Å². The number of amides is 1. The molecule has 3 heterocycles. The van der Waals surface area contributed by atoms with Crippen LogP contribution in [0, 0.1) is 0 Å². The number of rotatable bonds is 4. The summed E-state index contributed by atoms with van der Waals surface area (Å²) in [5, 5.41) is 7.69. The average molecular weight is 307 g/mol. The van der Waals surface area contributed by atoms with Gasteiger partial charge in [0.15, 0.2) is 11.5 Å². The van der Waals surface area contributed by atoms with Crippen LogP contribution in [0.2, 0.25) is 0 Å². The standard InChI is InChI=1S/C17H13N3O3/c21-17(14-9-16(23-20-14)15-6-3-7-22-15)18-10-12-8-11-4-1-2-5-13(11)19-12/h1-9,19H,10H2,(H,18,21). The lowest BCUT2D eigenvalue weighted by Gasteiger charge is -1.99. The van der Waals surface area contributed by atoms with Crippen molar-refractivity contribution in [3.05, 3.63) is 66.2 Å². The van der Waals surface area contributed by atoms with E-state index in [0.29, 0.717) is 18.1 Å². The van der Waals surface area contributed by atoms with Crippen molar-refractivity contribution in [2.45, 2.75) is 6.54 Å². The van der Waals surface area contributed by atoms with Gasteiger partial charge in [-0.25, -0.2) is 0 Å². The summed E-state index contributed by atoms with van der Waals surface area (Å²) in [6.45, 7) is 0.385. The van der Waals surface area contributed by atoms with Crippen LogP contribution in [0.5, 0.6) is 0 Å². The molecule has 23 heavy (non-hydrogen) atoms. The lowest BCUT2D eigenvalue weighted by molar-refractivity contribution is 0.0941. The Hall–Kier alpha value is -3.28. The van der Waals surface area contributed by atoms with Crippen molar-refractivity contribution < 1.29 is 13.7 Å². The molecule has 2 N–H and O–H groups in total. The van der Waals surface area contributed by atoms with Gasteiger partial charge in [0.1, 0.15) is 0 Å². The molecule has 6 nitrogen and oxygen atoms in total. The number of nitrogens with zero attached hydrogens (tertiary/aromatic N) is 1. The molecule has 1 aromatic carbocycles. The van der Waals surface area contributed by atoms with Gasteiger partial charge in [0.2, 0.25) is 5.76 Å². The van der Waals surface area contributed by atoms with Crippen molar-refractivity contribution in [2.24, 2.45) is 0 Å². The Morgan fingerprint density at radius 3 is 2.87 bits per heavy atom. The number of carbonyl (C=O) groups excluding carboxylic acids is 1. The molecule has 0 aliphatic heterocycles. The minimum Gasteiger partial charge on any atom is -0.461 e. The van der Waals surface area contributed by atoms with Crippen molar-refractivity contribution in [3.63, 3.8) is 0 Å². The number of hydrogen-bond donors (Lipinski definition) is 2. The first kappa shape index (κ1) is 13.4. The lowest BCUT2D eigenvalue weighted by Crippen LogP contribution is -2.23. The predicted octanol–water partition coefficient (Wildman–Crippen LogP) is 3.35. The third-order valence-corrected chi connectivity index (χ3v) is 3.53. The van der Waals surface area contributed by atoms with E-state index in [1.165, 1.54) is 6.26 Å². The first-order valence-corrected chi connectivity index (χ1v) is 7.15. The fourth-order valence-corrected chi connectivity index (χ4v) is 2.41. The molecule has 0 fully saturated rings. The summed E-state index contributed by atoms with van der Waals surface area (Å²) >= 11 is 0. The molecule has 0 aliphatic rings. The first-order valence-electron chi connectivity index (χ1n) is 7.15. The Balaban J connectivity index is 1.45. The molecular weight excluding hydrogens is 294 g/mol. The Bertz CT molecular complexity index is 917. The van der Waals surface area contributed by atoms with Crippen LogP contribution < -0.4 is 5.32 Å². The molecule has 0 unspecified atom stereocenters.